The number of fused-ring (bicyclic) bond motifs is 1. The van der Waals surface area contributed by atoms with Crippen molar-refractivity contribution in [2.75, 3.05) is 31.2 Å². The van der Waals surface area contributed by atoms with Gasteiger partial charge in [0.05, 0.1) is 31.0 Å². The molecule has 4 aliphatic heterocycles. The van der Waals surface area contributed by atoms with Crippen molar-refractivity contribution in [1.82, 2.24) is 45.6 Å². The number of carboxylic acid groups (broad SMARTS) is 1. The Balaban J connectivity index is 0.00000417. The van der Waals surface area contributed by atoms with Gasteiger partial charge in [0.1, 0.15) is 29.8 Å². The summed E-state index contributed by atoms with van der Waals surface area (Å²) in [7, 11) is 1.65. The van der Waals surface area contributed by atoms with Gasteiger partial charge >= 0.3 is 41.6 Å². The number of hydrazone groups is 1. The van der Waals surface area contributed by atoms with E-state index in [1.807, 2.05) is 0 Å². The molecule has 20 heteroatoms. The molecule has 2 unspecified atom stereocenters. The standard InChI is InChI=1S/C26H26N10O7S2.Na/c1-33-25(29-31-32-33)45-13-15-12-44-22-18(21(38)36(22)19(15)23(39)40)27-20(37)17(14-5-3-2-4-6-14)28-24(41)34-8-9-35(26(34)42)30-16-7-10-43-11-16;/h2-7,10,17-18,22H,8-9,11-13H2,1H3,(H,27,37)(H,28,41)(H,39,40);/q;+1/p-1/t17?,18?,22-;/m0./s1. The number of nitrogens with zero attached hydrogens (tertiary/aromatic N) is 8. The van der Waals surface area contributed by atoms with Crippen LogP contribution >= 0.6 is 23.5 Å². The van der Waals surface area contributed by atoms with E-state index in [9.17, 15) is 29.1 Å². The van der Waals surface area contributed by atoms with E-state index in [2.05, 4.69) is 31.3 Å². The Morgan fingerprint density at radius 1 is 1.22 bits per heavy atom. The fourth-order valence-corrected chi connectivity index (χ4v) is 7.33. The van der Waals surface area contributed by atoms with E-state index >= 15 is 0 Å². The van der Waals surface area contributed by atoms with Crippen LogP contribution in [0.4, 0.5) is 9.59 Å². The molecular weight excluding hydrogens is 651 g/mol. The molecule has 6 amide bonds. The third kappa shape index (κ3) is 6.63. The minimum Gasteiger partial charge on any atom is -0.543 e. The van der Waals surface area contributed by atoms with Gasteiger partial charge in [-0.3, -0.25) is 14.5 Å². The molecule has 234 valence electrons. The second-order valence-electron chi connectivity index (χ2n) is 10.1. The van der Waals surface area contributed by atoms with Crippen LogP contribution in [0, 0.1) is 0 Å². The maximum absolute atomic E-state index is 13.6. The first-order chi connectivity index (χ1) is 21.7. The normalized spacial score (nSPS) is 21.8. The number of amides is 6. The molecule has 17 nitrogen and oxygen atoms in total. The number of aliphatic carboxylic acids is 1. The number of nitrogens with one attached hydrogen (secondary N) is 2. The van der Waals surface area contributed by atoms with E-state index in [1.165, 1.54) is 34.5 Å². The van der Waals surface area contributed by atoms with Crippen LogP contribution < -0.4 is 45.3 Å². The zero-order valence-corrected chi connectivity index (χ0v) is 28.2. The summed E-state index contributed by atoms with van der Waals surface area (Å²) in [5.41, 5.74) is 1.15. The quantitative estimate of drug-likeness (QED) is 0.147. The van der Waals surface area contributed by atoms with Gasteiger partial charge in [0.2, 0.25) is 11.1 Å². The number of benzene rings is 1. The van der Waals surface area contributed by atoms with Gasteiger partial charge in [0.15, 0.2) is 0 Å². The number of carboxylic acids is 1. The molecule has 0 saturated carbocycles. The summed E-state index contributed by atoms with van der Waals surface area (Å²) in [6.07, 6.45) is 3.07. The number of imide groups is 1. The molecule has 1 aromatic heterocycles. The molecule has 1 aromatic carbocycles. The number of hydrogen-bond donors (Lipinski definition) is 2. The van der Waals surface area contributed by atoms with Gasteiger partial charge in [-0.1, -0.05) is 42.1 Å². The molecule has 6 rings (SSSR count). The number of aryl methyl sites for hydroxylation is 1. The monoisotopic (exact) mass is 676 g/mol. The number of aromatic nitrogens is 4. The fraction of sp³-hybridized carbons (Fsp3) is 0.346. The van der Waals surface area contributed by atoms with Crippen LogP contribution in [-0.4, -0.2) is 113 Å². The van der Waals surface area contributed by atoms with Crippen LogP contribution in [0.2, 0.25) is 0 Å². The van der Waals surface area contributed by atoms with Crippen molar-refractivity contribution in [3.8, 4) is 0 Å². The van der Waals surface area contributed by atoms with Gasteiger partial charge in [-0.05, 0) is 27.6 Å². The number of ether oxygens (including phenoxy) is 1. The average Bonchev–Trinajstić information content (AvgIpc) is 3.79. The number of carbonyl (C=O) groups excluding carboxylic acids is 5. The Morgan fingerprint density at radius 3 is 2.67 bits per heavy atom. The topological polar surface area (TPSA) is 207 Å². The van der Waals surface area contributed by atoms with E-state index in [0.717, 1.165) is 14.8 Å². The van der Waals surface area contributed by atoms with Crippen molar-refractivity contribution >= 4 is 59.1 Å². The molecule has 2 fully saturated rings. The molecule has 5 heterocycles. The largest absolute Gasteiger partial charge is 1.00 e. The second kappa shape index (κ2) is 14.2. The number of β-lactam (4-membered cyclic amide) rings is 1. The van der Waals surface area contributed by atoms with Gasteiger partial charge in [-0.15, -0.1) is 16.9 Å². The molecule has 2 N–H and O–H groups in total. The van der Waals surface area contributed by atoms with Gasteiger partial charge in [0, 0.05) is 18.6 Å². The Labute approximate surface area is 292 Å². The first kappa shape index (κ1) is 33.5. The van der Waals surface area contributed by atoms with Gasteiger partial charge in [-0.2, -0.15) is 5.10 Å². The van der Waals surface area contributed by atoms with Crippen LogP contribution in [0.1, 0.15) is 11.6 Å². The summed E-state index contributed by atoms with van der Waals surface area (Å²) in [6, 6.07) is 4.53. The number of tetrazole rings is 1. The van der Waals surface area contributed by atoms with Crippen LogP contribution in [0.5, 0.6) is 0 Å². The molecular formula is C26H25N10NaO7S2. The van der Waals surface area contributed by atoms with Crippen molar-refractivity contribution in [2.45, 2.75) is 22.6 Å². The molecule has 2 aromatic rings. The van der Waals surface area contributed by atoms with Gasteiger partial charge < -0.3 is 25.3 Å². The van der Waals surface area contributed by atoms with E-state index in [-0.39, 0.29) is 66.5 Å². The molecule has 4 aliphatic rings. The Morgan fingerprint density at radius 2 is 2.00 bits per heavy atom. The summed E-state index contributed by atoms with van der Waals surface area (Å²) in [6.45, 7) is 0.404. The molecule has 46 heavy (non-hydrogen) atoms. The molecule has 0 aliphatic carbocycles. The van der Waals surface area contributed by atoms with Gasteiger partial charge in [0.25, 0.3) is 5.91 Å². The summed E-state index contributed by atoms with van der Waals surface area (Å²) in [4.78, 5) is 67.2. The number of hydrogen-bond acceptors (Lipinski definition) is 13. The predicted molar refractivity (Wildman–Crippen MR) is 156 cm³/mol. The third-order valence-corrected chi connectivity index (χ3v) is 9.66. The van der Waals surface area contributed by atoms with Crippen molar-refractivity contribution < 1.29 is 63.4 Å². The molecule has 2 saturated heterocycles. The third-order valence-electron chi connectivity index (χ3n) is 7.23. The zero-order chi connectivity index (χ0) is 31.7. The first-order valence-electron chi connectivity index (χ1n) is 13.6. The maximum Gasteiger partial charge on any atom is 1.00 e. The summed E-state index contributed by atoms with van der Waals surface area (Å²) < 4.78 is 6.53. The number of rotatable bonds is 9. The summed E-state index contributed by atoms with van der Waals surface area (Å²) >= 11 is 2.51. The Bertz CT molecular complexity index is 1650. The van der Waals surface area contributed by atoms with Crippen molar-refractivity contribution in [3.05, 3.63) is 59.5 Å². The van der Waals surface area contributed by atoms with E-state index in [0.29, 0.717) is 22.0 Å². The SMILES string of the molecule is Cn1nnnc1SCC1=C(C(=O)[O-])N2C(=O)C(NC(=O)C(NC(=O)N3CCN(N=C4C=COC4)C3=O)c3ccccc3)[C@@H]2SC1.[Na+]. The molecule has 3 atom stereocenters. The maximum atomic E-state index is 13.6. The van der Waals surface area contributed by atoms with Crippen LogP contribution in [0.25, 0.3) is 0 Å². The number of thioether (sulfide) groups is 2. The predicted octanol–water partition coefficient (Wildman–Crippen LogP) is -4.20. The zero-order valence-electron chi connectivity index (χ0n) is 24.6. The first-order valence-corrected chi connectivity index (χ1v) is 15.6. The molecule has 0 bridgehead atoms. The van der Waals surface area contributed by atoms with E-state index in [1.54, 1.807) is 43.5 Å². The van der Waals surface area contributed by atoms with E-state index in [4.69, 9.17) is 4.74 Å². The Hall–Kier alpha value is -3.91. The second-order valence-corrected chi connectivity index (χ2v) is 12.1. The summed E-state index contributed by atoms with van der Waals surface area (Å²) in [5, 5.41) is 33.7. The summed E-state index contributed by atoms with van der Waals surface area (Å²) in [5.74, 6) is -2.37. The van der Waals surface area contributed by atoms with Crippen molar-refractivity contribution in [2.24, 2.45) is 12.1 Å². The smallest absolute Gasteiger partial charge is 0.543 e. The molecule has 0 spiro atoms. The van der Waals surface area contributed by atoms with Crippen LogP contribution in [-0.2, 0) is 26.2 Å². The van der Waals surface area contributed by atoms with Crippen LogP contribution in [0.15, 0.2) is 64.2 Å². The average molecular weight is 677 g/mol. The minimum atomic E-state index is -1.51. The number of urea groups is 2. The van der Waals surface area contributed by atoms with E-state index < -0.39 is 47.3 Å². The van der Waals surface area contributed by atoms with Crippen LogP contribution in [0.3, 0.4) is 0 Å². The molecule has 0 radical (unpaired) electrons. The Kier molecular flexibility index (Phi) is 10.4. The van der Waals surface area contributed by atoms with Gasteiger partial charge in [-0.25, -0.2) is 24.2 Å². The fourth-order valence-electron chi connectivity index (χ4n) is 4.99. The minimum absolute atomic E-state index is 0. The number of carbonyl (C=O) groups is 5. The van der Waals surface area contributed by atoms with Crippen molar-refractivity contribution in [1.29, 1.82) is 0 Å². The van der Waals surface area contributed by atoms with Crippen molar-refractivity contribution in [3.63, 3.8) is 0 Å².